The van der Waals surface area contributed by atoms with Gasteiger partial charge in [0.05, 0.1) is 18.1 Å². The van der Waals surface area contributed by atoms with E-state index in [1.54, 1.807) is 7.11 Å². The lowest BCUT2D eigenvalue weighted by molar-refractivity contribution is 0.331. The van der Waals surface area contributed by atoms with Crippen molar-refractivity contribution in [1.29, 1.82) is 0 Å². The van der Waals surface area contributed by atoms with Crippen LogP contribution in [0.5, 0.6) is 11.5 Å². The van der Waals surface area contributed by atoms with Gasteiger partial charge in [-0.15, -0.1) is 6.42 Å². The maximum Gasteiger partial charge on any atom is 0.163 e. The van der Waals surface area contributed by atoms with Crippen LogP contribution >= 0.6 is 15.9 Å². The van der Waals surface area contributed by atoms with E-state index < -0.39 is 0 Å². The molecule has 0 aliphatic rings. The Kier molecular flexibility index (Phi) is 4.03. The van der Waals surface area contributed by atoms with Crippen LogP contribution in [0.1, 0.15) is 0 Å². The van der Waals surface area contributed by atoms with Crippen LogP contribution in [0.25, 0.3) is 22.4 Å². The zero-order valence-electron chi connectivity index (χ0n) is 11.9. The number of para-hydroxylation sites is 2. The second-order valence-corrected chi connectivity index (χ2v) is 5.43. The van der Waals surface area contributed by atoms with E-state index in [4.69, 9.17) is 15.9 Å². The van der Waals surface area contributed by atoms with E-state index >= 15 is 0 Å². The number of H-pyrrole nitrogens is 1. The van der Waals surface area contributed by atoms with Gasteiger partial charge in [0.1, 0.15) is 12.4 Å². The number of methoxy groups -OCH3 is 1. The predicted octanol–water partition coefficient (Wildman–Crippen LogP) is 4.01. The van der Waals surface area contributed by atoms with E-state index in [1.165, 1.54) is 0 Å². The van der Waals surface area contributed by atoms with Crippen molar-refractivity contribution in [2.75, 3.05) is 13.7 Å². The fraction of sp³-hybridized carbons (Fsp3) is 0.118. The summed E-state index contributed by atoms with van der Waals surface area (Å²) in [6, 6.07) is 11.6. The third kappa shape index (κ3) is 2.66. The van der Waals surface area contributed by atoms with E-state index in [1.807, 2.05) is 36.4 Å². The first-order valence-corrected chi connectivity index (χ1v) is 7.41. The highest BCUT2D eigenvalue weighted by Crippen LogP contribution is 2.38. The fourth-order valence-electron chi connectivity index (χ4n) is 2.19. The van der Waals surface area contributed by atoms with Crippen LogP contribution in [-0.2, 0) is 0 Å². The number of hydrogen-bond acceptors (Lipinski definition) is 3. The van der Waals surface area contributed by atoms with Crippen LogP contribution in [0.4, 0.5) is 0 Å². The molecule has 0 radical (unpaired) electrons. The second-order valence-electron chi connectivity index (χ2n) is 4.58. The van der Waals surface area contributed by atoms with Crippen molar-refractivity contribution in [2.45, 2.75) is 0 Å². The van der Waals surface area contributed by atoms with Gasteiger partial charge in [0, 0.05) is 10.0 Å². The van der Waals surface area contributed by atoms with Crippen LogP contribution in [0.3, 0.4) is 0 Å². The first kappa shape index (κ1) is 14.5. The van der Waals surface area contributed by atoms with Crippen LogP contribution < -0.4 is 9.47 Å². The summed E-state index contributed by atoms with van der Waals surface area (Å²) in [5.74, 6) is 4.39. The summed E-state index contributed by atoms with van der Waals surface area (Å²) in [6.07, 6.45) is 5.23. The molecule has 4 nitrogen and oxygen atoms in total. The van der Waals surface area contributed by atoms with Crippen molar-refractivity contribution in [2.24, 2.45) is 0 Å². The molecule has 2 aromatic carbocycles. The molecule has 0 aliphatic heterocycles. The molecule has 0 saturated carbocycles. The summed E-state index contributed by atoms with van der Waals surface area (Å²) in [5.41, 5.74) is 2.79. The number of aromatic amines is 1. The molecule has 0 spiro atoms. The zero-order chi connectivity index (χ0) is 15.5. The van der Waals surface area contributed by atoms with Crippen molar-refractivity contribution in [3.8, 4) is 35.2 Å². The molecule has 0 atom stereocenters. The molecule has 1 N–H and O–H groups in total. The summed E-state index contributed by atoms with van der Waals surface area (Å²) in [6.45, 7) is 0.187. The van der Waals surface area contributed by atoms with Crippen LogP contribution in [0.15, 0.2) is 40.9 Å². The number of rotatable bonds is 4. The molecule has 0 aliphatic carbocycles. The maximum absolute atomic E-state index is 5.49. The van der Waals surface area contributed by atoms with E-state index in [0.29, 0.717) is 11.5 Å². The number of ether oxygens (including phenoxy) is 2. The Morgan fingerprint density at radius 1 is 1.27 bits per heavy atom. The number of nitrogens with zero attached hydrogens (tertiary/aromatic N) is 1. The average molecular weight is 357 g/mol. The van der Waals surface area contributed by atoms with Crippen molar-refractivity contribution in [1.82, 2.24) is 9.97 Å². The van der Waals surface area contributed by atoms with Gasteiger partial charge < -0.3 is 14.5 Å². The minimum absolute atomic E-state index is 0.187. The van der Waals surface area contributed by atoms with Gasteiger partial charge in [-0.2, -0.15) is 0 Å². The van der Waals surface area contributed by atoms with Crippen molar-refractivity contribution >= 4 is 27.0 Å². The fourth-order valence-corrected chi connectivity index (χ4v) is 2.70. The molecule has 22 heavy (non-hydrogen) atoms. The molecule has 0 unspecified atom stereocenters. The Morgan fingerprint density at radius 2 is 2.09 bits per heavy atom. The van der Waals surface area contributed by atoms with Gasteiger partial charge in [-0.25, -0.2) is 4.98 Å². The lowest BCUT2D eigenvalue weighted by Gasteiger charge is -2.11. The average Bonchev–Trinajstić information content (AvgIpc) is 2.96. The van der Waals surface area contributed by atoms with E-state index in [-0.39, 0.29) is 6.61 Å². The molecular weight excluding hydrogens is 344 g/mol. The molecule has 0 amide bonds. The number of terminal acetylenes is 1. The van der Waals surface area contributed by atoms with Gasteiger partial charge in [-0.05, 0) is 40.2 Å². The number of benzene rings is 2. The Hall–Kier alpha value is -2.45. The van der Waals surface area contributed by atoms with Gasteiger partial charge in [0.15, 0.2) is 11.5 Å². The van der Waals surface area contributed by atoms with Crippen LogP contribution in [0.2, 0.25) is 0 Å². The zero-order valence-corrected chi connectivity index (χ0v) is 13.5. The van der Waals surface area contributed by atoms with Crippen molar-refractivity contribution in [3.05, 3.63) is 40.9 Å². The Bertz CT molecular complexity index is 832. The SMILES string of the molecule is C#CCOc1cc(Br)c(-c2nc3ccccc3[nH]2)cc1OC. The maximum atomic E-state index is 5.49. The Morgan fingerprint density at radius 3 is 2.82 bits per heavy atom. The smallest absolute Gasteiger partial charge is 0.163 e. The standard InChI is InChI=1S/C17H13BrN2O2/c1-3-8-22-16-10-12(18)11(9-15(16)21-2)17-19-13-6-4-5-7-14(13)20-17/h1,4-7,9-10H,8H2,2H3,(H,19,20). The van der Waals surface area contributed by atoms with Crippen LogP contribution in [-0.4, -0.2) is 23.7 Å². The van der Waals surface area contributed by atoms with E-state index in [0.717, 1.165) is 26.9 Å². The lowest BCUT2D eigenvalue weighted by Crippen LogP contribution is -1.97. The third-order valence-corrected chi connectivity index (χ3v) is 3.86. The highest BCUT2D eigenvalue weighted by atomic mass is 79.9. The van der Waals surface area contributed by atoms with Crippen molar-refractivity contribution in [3.63, 3.8) is 0 Å². The quantitative estimate of drug-likeness (QED) is 0.718. The monoisotopic (exact) mass is 356 g/mol. The number of nitrogens with one attached hydrogen (secondary N) is 1. The molecule has 1 heterocycles. The molecule has 3 aromatic rings. The number of imidazole rings is 1. The summed E-state index contributed by atoms with van der Waals surface area (Å²) >= 11 is 3.55. The Labute approximate surface area is 136 Å². The number of fused-ring (bicyclic) bond motifs is 1. The number of aromatic nitrogens is 2. The largest absolute Gasteiger partial charge is 0.493 e. The molecule has 1 aromatic heterocycles. The summed E-state index contributed by atoms with van der Waals surface area (Å²) in [7, 11) is 1.59. The van der Waals surface area contributed by atoms with Crippen molar-refractivity contribution < 1.29 is 9.47 Å². The minimum atomic E-state index is 0.187. The molecule has 0 fully saturated rings. The number of halogens is 1. The van der Waals surface area contributed by atoms with Gasteiger partial charge in [0.25, 0.3) is 0 Å². The van der Waals surface area contributed by atoms with E-state index in [9.17, 15) is 0 Å². The van der Waals surface area contributed by atoms with Crippen LogP contribution in [0, 0.1) is 12.3 Å². The van der Waals surface area contributed by atoms with Gasteiger partial charge >= 0.3 is 0 Å². The lowest BCUT2D eigenvalue weighted by atomic mass is 10.2. The van der Waals surface area contributed by atoms with E-state index in [2.05, 4.69) is 31.8 Å². The third-order valence-electron chi connectivity index (χ3n) is 3.21. The first-order chi connectivity index (χ1) is 10.7. The van der Waals surface area contributed by atoms with Gasteiger partial charge in [-0.3, -0.25) is 0 Å². The molecule has 110 valence electrons. The number of hydrogen-bond donors (Lipinski definition) is 1. The predicted molar refractivity (Wildman–Crippen MR) is 90.1 cm³/mol. The molecule has 5 heteroatoms. The second kappa shape index (κ2) is 6.12. The van der Waals surface area contributed by atoms with Gasteiger partial charge in [-0.1, -0.05) is 18.1 Å². The molecular formula is C17H13BrN2O2. The minimum Gasteiger partial charge on any atom is -0.493 e. The molecule has 0 bridgehead atoms. The highest BCUT2D eigenvalue weighted by Gasteiger charge is 2.14. The Balaban J connectivity index is 2.08. The normalized spacial score (nSPS) is 10.4. The topological polar surface area (TPSA) is 47.1 Å². The molecule has 0 saturated heterocycles. The summed E-state index contributed by atoms with van der Waals surface area (Å²) < 4.78 is 11.7. The molecule has 3 rings (SSSR count). The van der Waals surface area contributed by atoms with Gasteiger partial charge in [0.2, 0.25) is 0 Å². The summed E-state index contributed by atoms with van der Waals surface area (Å²) in [5, 5.41) is 0. The first-order valence-electron chi connectivity index (χ1n) is 6.62. The summed E-state index contributed by atoms with van der Waals surface area (Å²) in [4.78, 5) is 7.89. The highest BCUT2D eigenvalue weighted by molar-refractivity contribution is 9.10.